The highest BCUT2D eigenvalue weighted by atomic mass is 16.2. The Hall–Kier alpha value is -2.89. The fourth-order valence-electron chi connectivity index (χ4n) is 1.70. The minimum atomic E-state index is -0.639. The SMILES string of the molecule is O=C(C(=O)c1ccccn1)c1ccc2ncnn2c1. The van der Waals surface area contributed by atoms with Crippen molar-refractivity contribution >= 4 is 17.2 Å². The molecule has 3 aromatic heterocycles. The van der Waals surface area contributed by atoms with E-state index in [1.807, 2.05) is 0 Å². The third kappa shape index (κ3) is 1.99. The summed E-state index contributed by atoms with van der Waals surface area (Å²) in [4.78, 5) is 31.9. The summed E-state index contributed by atoms with van der Waals surface area (Å²) in [6.45, 7) is 0. The average molecular weight is 252 g/mol. The van der Waals surface area contributed by atoms with Crippen LogP contribution in [0.2, 0.25) is 0 Å². The van der Waals surface area contributed by atoms with Gasteiger partial charge in [0.2, 0.25) is 5.78 Å². The minimum Gasteiger partial charge on any atom is -0.285 e. The predicted molar refractivity (Wildman–Crippen MR) is 65.9 cm³/mol. The molecule has 92 valence electrons. The highest BCUT2D eigenvalue weighted by molar-refractivity contribution is 6.48. The van der Waals surface area contributed by atoms with Crippen LogP contribution in [0, 0.1) is 0 Å². The Morgan fingerprint density at radius 2 is 1.89 bits per heavy atom. The van der Waals surface area contributed by atoms with Crippen molar-refractivity contribution in [1.82, 2.24) is 19.6 Å². The Kier molecular flexibility index (Phi) is 2.60. The van der Waals surface area contributed by atoms with Crippen molar-refractivity contribution in [2.24, 2.45) is 0 Å². The van der Waals surface area contributed by atoms with Gasteiger partial charge in [0.1, 0.15) is 12.0 Å². The normalized spacial score (nSPS) is 10.5. The number of carbonyl (C=O) groups excluding carboxylic acids is 2. The van der Waals surface area contributed by atoms with E-state index in [4.69, 9.17) is 0 Å². The van der Waals surface area contributed by atoms with Crippen molar-refractivity contribution in [2.75, 3.05) is 0 Å². The molecule has 0 aliphatic carbocycles. The molecule has 0 fully saturated rings. The van der Waals surface area contributed by atoms with Gasteiger partial charge in [-0.15, -0.1) is 0 Å². The van der Waals surface area contributed by atoms with Gasteiger partial charge in [-0.3, -0.25) is 14.6 Å². The Morgan fingerprint density at radius 3 is 2.68 bits per heavy atom. The molecule has 0 unspecified atom stereocenters. The highest BCUT2D eigenvalue weighted by Crippen LogP contribution is 2.07. The van der Waals surface area contributed by atoms with E-state index in [1.165, 1.54) is 29.3 Å². The maximum absolute atomic E-state index is 12.1. The molecular formula is C13H8N4O2. The van der Waals surface area contributed by atoms with Crippen LogP contribution >= 0.6 is 0 Å². The molecule has 0 saturated heterocycles. The largest absolute Gasteiger partial charge is 0.285 e. The van der Waals surface area contributed by atoms with E-state index in [0.29, 0.717) is 5.65 Å². The Morgan fingerprint density at radius 1 is 1.00 bits per heavy atom. The fourth-order valence-corrected chi connectivity index (χ4v) is 1.70. The van der Waals surface area contributed by atoms with Gasteiger partial charge in [-0.2, -0.15) is 5.10 Å². The second-order valence-corrected chi connectivity index (χ2v) is 3.85. The second kappa shape index (κ2) is 4.41. The van der Waals surface area contributed by atoms with Crippen molar-refractivity contribution in [1.29, 1.82) is 0 Å². The van der Waals surface area contributed by atoms with Crippen molar-refractivity contribution in [2.45, 2.75) is 0 Å². The van der Waals surface area contributed by atoms with Crippen LogP contribution in [0.25, 0.3) is 5.65 Å². The third-order valence-electron chi connectivity index (χ3n) is 2.64. The summed E-state index contributed by atoms with van der Waals surface area (Å²) in [6.07, 6.45) is 4.33. The van der Waals surface area contributed by atoms with Crippen LogP contribution in [0.4, 0.5) is 0 Å². The number of ketones is 2. The van der Waals surface area contributed by atoms with Gasteiger partial charge in [-0.25, -0.2) is 9.50 Å². The van der Waals surface area contributed by atoms with Crippen LogP contribution in [-0.4, -0.2) is 31.1 Å². The van der Waals surface area contributed by atoms with Gasteiger partial charge in [0.05, 0.1) is 0 Å². The molecule has 3 heterocycles. The molecule has 0 aliphatic heterocycles. The van der Waals surface area contributed by atoms with Gasteiger partial charge in [0.25, 0.3) is 5.78 Å². The molecule has 6 nitrogen and oxygen atoms in total. The maximum atomic E-state index is 12.1. The lowest BCUT2D eigenvalue weighted by Gasteiger charge is -2.00. The lowest BCUT2D eigenvalue weighted by Crippen LogP contribution is -2.16. The number of fused-ring (bicyclic) bond motifs is 1. The van der Waals surface area contributed by atoms with Crippen molar-refractivity contribution < 1.29 is 9.59 Å². The summed E-state index contributed by atoms with van der Waals surface area (Å²) in [7, 11) is 0. The number of hydrogen-bond acceptors (Lipinski definition) is 5. The molecule has 3 rings (SSSR count). The molecule has 0 radical (unpaired) electrons. The highest BCUT2D eigenvalue weighted by Gasteiger charge is 2.19. The summed E-state index contributed by atoms with van der Waals surface area (Å²) in [5.74, 6) is -1.25. The topological polar surface area (TPSA) is 77.2 Å². The van der Waals surface area contributed by atoms with E-state index in [9.17, 15) is 9.59 Å². The fraction of sp³-hybridized carbons (Fsp3) is 0. The summed E-state index contributed by atoms with van der Waals surface area (Å²) in [5.41, 5.74) is 1.00. The first-order chi connectivity index (χ1) is 9.25. The maximum Gasteiger partial charge on any atom is 0.251 e. The lowest BCUT2D eigenvalue weighted by atomic mass is 10.1. The van der Waals surface area contributed by atoms with Crippen LogP contribution in [0.15, 0.2) is 49.1 Å². The zero-order valence-electron chi connectivity index (χ0n) is 9.72. The van der Waals surface area contributed by atoms with Crippen LogP contribution in [0.1, 0.15) is 20.8 Å². The number of nitrogens with zero attached hydrogens (tertiary/aromatic N) is 4. The summed E-state index contributed by atoms with van der Waals surface area (Å²) in [5, 5.41) is 3.92. The van der Waals surface area contributed by atoms with Crippen molar-refractivity contribution in [3.05, 3.63) is 60.3 Å². The van der Waals surface area contributed by atoms with E-state index < -0.39 is 11.6 Å². The summed E-state index contributed by atoms with van der Waals surface area (Å²) in [6, 6.07) is 8.03. The summed E-state index contributed by atoms with van der Waals surface area (Å²) < 4.78 is 1.44. The molecular weight excluding hydrogens is 244 g/mol. The van der Waals surface area contributed by atoms with Gasteiger partial charge in [0.15, 0.2) is 5.65 Å². The van der Waals surface area contributed by atoms with Crippen molar-refractivity contribution in [3.63, 3.8) is 0 Å². The standard InChI is InChI=1S/C13H8N4O2/c18-12(13(19)10-3-1-2-6-14-10)9-4-5-11-15-8-16-17(11)7-9/h1-8H. The predicted octanol–water partition coefficient (Wildman–Crippen LogP) is 1.19. The molecule has 0 aromatic carbocycles. The minimum absolute atomic E-state index is 0.131. The second-order valence-electron chi connectivity index (χ2n) is 3.85. The number of Topliss-reactive ketones (excluding diaryl/α,β-unsaturated/α-hetero) is 2. The first-order valence-corrected chi connectivity index (χ1v) is 5.55. The van der Waals surface area contributed by atoms with Crippen molar-refractivity contribution in [3.8, 4) is 0 Å². The number of carbonyl (C=O) groups is 2. The Balaban J connectivity index is 1.97. The van der Waals surface area contributed by atoms with Gasteiger partial charge in [-0.05, 0) is 24.3 Å². The van der Waals surface area contributed by atoms with Crippen LogP contribution in [0.3, 0.4) is 0 Å². The first kappa shape index (κ1) is 11.2. The Labute approximate surface area is 107 Å². The molecule has 0 aliphatic rings. The molecule has 0 spiro atoms. The third-order valence-corrected chi connectivity index (χ3v) is 2.64. The zero-order chi connectivity index (χ0) is 13.2. The molecule has 0 bridgehead atoms. The zero-order valence-corrected chi connectivity index (χ0v) is 9.72. The first-order valence-electron chi connectivity index (χ1n) is 5.55. The van der Waals surface area contributed by atoms with E-state index in [1.54, 1.807) is 24.3 Å². The molecule has 0 atom stereocenters. The molecule has 0 saturated carbocycles. The van der Waals surface area contributed by atoms with E-state index in [2.05, 4.69) is 15.1 Å². The van der Waals surface area contributed by atoms with Gasteiger partial charge in [0, 0.05) is 18.0 Å². The van der Waals surface area contributed by atoms with E-state index >= 15 is 0 Å². The van der Waals surface area contributed by atoms with Gasteiger partial charge in [-0.1, -0.05) is 6.07 Å². The molecule has 0 N–H and O–H groups in total. The van der Waals surface area contributed by atoms with Crippen LogP contribution < -0.4 is 0 Å². The number of hydrogen-bond donors (Lipinski definition) is 0. The summed E-state index contributed by atoms with van der Waals surface area (Å²) >= 11 is 0. The average Bonchev–Trinajstić information content (AvgIpc) is 2.94. The molecule has 6 heteroatoms. The van der Waals surface area contributed by atoms with Gasteiger partial charge < -0.3 is 0 Å². The smallest absolute Gasteiger partial charge is 0.251 e. The van der Waals surface area contributed by atoms with E-state index in [0.717, 1.165) is 0 Å². The van der Waals surface area contributed by atoms with Gasteiger partial charge >= 0.3 is 0 Å². The Bertz CT molecular complexity index is 764. The number of pyridine rings is 2. The molecule has 3 aromatic rings. The lowest BCUT2D eigenvalue weighted by molar-refractivity contribution is 0.0813. The van der Waals surface area contributed by atoms with Crippen LogP contribution in [0.5, 0.6) is 0 Å². The van der Waals surface area contributed by atoms with Crippen LogP contribution in [-0.2, 0) is 0 Å². The molecule has 0 amide bonds. The quantitative estimate of drug-likeness (QED) is 0.517. The monoisotopic (exact) mass is 252 g/mol. The number of aromatic nitrogens is 4. The molecule has 19 heavy (non-hydrogen) atoms. The number of rotatable bonds is 3. The van der Waals surface area contributed by atoms with E-state index in [-0.39, 0.29) is 11.3 Å².